The van der Waals surface area contributed by atoms with Crippen molar-refractivity contribution in [2.75, 3.05) is 19.8 Å². The number of rotatable bonds is 4. The number of benzene rings is 2. The van der Waals surface area contributed by atoms with E-state index in [-0.39, 0.29) is 5.97 Å². The van der Waals surface area contributed by atoms with Crippen LogP contribution in [0.1, 0.15) is 35.3 Å². The number of carbonyl (C=O) groups is 1. The van der Waals surface area contributed by atoms with Crippen molar-refractivity contribution in [3.8, 4) is 11.5 Å². The Bertz CT molecular complexity index is 760. The molecule has 0 unspecified atom stereocenters. The number of ether oxygens (including phenoxy) is 3. The van der Waals surface area contributed by atoms with E-state index in [1.165, 1.54) is 0 Å². The van der Waals surface area contributed by atoms with Gasteiger partial charge in [-0.2, -0.15) is 0 Å². The summed E-state index contributed by atoms with van der Waals surface area (Å²) in [7, 11) is 0. The van der Waals surface area contributed by atoms with Gasteiger partial charge in [-0.1, -0.05) is 24.3 Å². The first kappa shape index (κ1) is 16.1. The van der Waals surface area contributed by atoms with Gasteiger partial charge in [0.05, 0.1) is 12.2 Å². The molecule has 1 heterocycles. The summed E-state index contributed by atoms with van der Waals surface area (Å²) < 4.78 is 16.2. The molecule has 0 amide bonds. The molecule has 0 aliphatic carbocycles. The zero-order chi connectivity index (χ0) is 16.9. The summed E-state index contributed by atoms with van der Waals surface area (Å²) >= 11 is 0. The molecule has 0 fully saturated rings. The van der Waals surface area contributed by atoms with Crippen LogP contribution in [-0.2, 0) is 4.74 Å². The summed E-state index contributed by atoms with van der Waals surface area (Å²) in [4.78, 5) is 11.7. The molecule has 124 valence electrons. The Balaban J connectivity index is 1.79. The Morgan fingerprint density at radius 1 is 1.04 bits per heavy atom. The summed E-state index contributed by atoms with van der Waals surface area (Å²) in [5.41, 5.74) is 3.77. The van der Waals surface area contributed by atoms with Gasteiger partial charge >= 0.3 is 5.97 Å². The Labute approximate surface area is 141 Å². The van der Waals surface area contributed by atoms with E-state index in [1.807, 2.05) is 37.3 Å². The maximum atomic E-state index is 11.7. The van der Waals surface area contributed by atoms with Crippen LogP contribution < -0.4 is 9.47 Å². The number of fused-ring (bicyclic) bond motifs is 1. The molecule has 4 heteroatoms. The fourth-order valence-electron chi connectivity index (χ4n) is 2.55. The Hall–Kier alpha value is -2.75. The lowest BCUT2D eigenvalue weighted by atomic mass is 10.0. The highest BCUT2D eigenvalue weighted by atomic mass is 16.6. The second kappa shape index (κ2) is 7.21. The molecular formula is C20H20O4. The minimum atomic E-state index is -0.295. The average Bonchev–Trinajstić information content (AvgIpc) is 2.62. The van der Waals surface area contributed by atoms with Crippen LogP contribution in [0, 0.1) is 0 Å². The zero-order valence-electron chi connectivity index (χ0n) is 13.9. The molecule has 2 aromatic carbocycles. The van der Waals surface area contributed by atoms with Gasteiger partial charge in [-0.05, 0) is 54.8 Å². The maximum Gasteiger partial charge on any atom is 0.338 e. The normalized spacial score (nSPS) is 13.5. The van der Waals surface area contributed by atoms with Crippen LogP contribution in [0.3, 0.4) is 0 Å². The molecule has 0 aromatic heterocycles. The standard InChI is InChI=1S/C20H20O4/c1-3-22-20(21)16-6-4-15(5-7-16)12-14(2)17-8-9-18-19(13-17)24-11-10-23-18/h4-9,12-13H,3,10-11H2,1-2H3. The molecular weight excluding hydrogens is 304 g/mol. The molecule has 24 heavy (non-hydrogen) atoms. The van der Waals surface area contributed by atoms with Crippen LogP contribution in [0.4, 0.5) is 0 Å². The van der Waals surface area contributed by atoms with Gasteiger partial charge in [-0.15, -0.1) is 0 Å². The van der Waals surface area contributed by atoms with Crippen molar-refractivity contribution in [1.82, 2.24) is 0 Å². The van der Waals surface area contributed by atoms with Crippen LogP contribution in [0.5, 0.6) is 11.5 Å². The molecule has 0 saturated heterocycles. The van der Waals surface area contributed by atoms with E-state index in [0.717, 1.165) is 28.2 Å². The van der Waals surface area contributed by atoms with Crippen molar-refractivity contribution < 1.29 is 19.0 Å². The molecule has 1 aliphatic rings. The molecule has 4 nitrogen and oxygen atoms in total. The number of allylic oxidation sites excluding steroid dienone is 1. The van der Waals surface area contributed by atoms with Gasteiger partial charge in [0, 0.05) is 0 Å². The molecule has 0 atom stereocenters. The number of esters is 1. The van der Waals surface area contributed by atoms with E-state index < -0.39 is 0 Å². The predicted molar refractivity (Wildman–Crippen MR) is 93.4 cm³/mol. The molecule has 1 aliphatic heterocycles. The summed E-state index contributed by atoms with van der Waals surface area (Å²) in [6.07, 6.45) is 2.07. The number of hydrogen-bond donors (Lipinski definition) is 0. The third kappa shape index (κ3) is 3.59. The molecule has 0 saturated carbocycles. The smallest absolute Gasteiger partial charge is 0.338 e. The zero-order valence-corrected chi connectivity index (χ0v) is 13.9. The van der Waals surface area contributed by atoms with Crippen molar-refractivity contribution in [2.24, 2.45) is 0 Å². The average molecular weight is 324 g/mol. The van der Waals surface area contributed by atoms with Crippen molar-refractivity contribution in [2.45, 2.75) is 13.8 Å². The fraction of sp³-hybridized carbons (Fsp3) is 0.250. The summed E-state index contributed by atoms with van der Waals surface area (Å²) in [5, 5.41) is 0. The van der Waals surface area contributed by atoms with Gasteiger partial charge in [0.15, 0.2) is 11.5 Å². The highest BCUT2D eigenvalue weighted by molar-refractivity contribution is 5.90. The van der Waals surface area contributed by atoms with Gasteiger partial charge in [0.1, 0.15) is 13.2 Å². The fourth-order valence-corrected chi connectivity index (χ4v) is 2.55. The van der Waals surface area contributed by atoms with Gasteiger partial charge in [-0.3, -0.25) is 0 Å². The van der Waals surface area contributed by atoms with E-state index in [4.69, 9.17) is 14.2 Å². The Morgan fingerprint density at radius 3 is 2.42 bits per heavy atom. The lowest BCUT2D eigenvalue weighted by Gasteiger charge is -2.19. The van der Waals surface area contributed by atoms with Gasteiger partial charge in [0.2, 0.25) is 0 Å². The summed E-state index contributed by atoms with van der Waals surface area (Å²) in [6.45, 7) is 5.39. The third-order valence-corrected chi connectivity index (χ3v) is 3.80. The lowest BCUT2D eigenvalue weighted by Crippen LogP contribution is -2.15. The summed E-state index contributed by atoms with van der Waals surface area (Å²) in [5.74, 6) is 1.28. The Kier molecular flexibility index (Phi) is 4.85. The van der Waals surface area contributed by atoms with Crippen molar-refractivity contribution >= 4 is 17.6 Å². The van der Waals surface area contributed by atoms with Crippen LogP contribution in [0.15, 0.2) is 42.5 Å². The second-order valence-corrected chi connectivity index (χ2v) is 5.53. The van der Waals surface area contributed by atoms with Crippen LogP contribution in [0.2, 0.25) is 0 Å². The SMILES string of the molecule is CCOC(=O)c1ccc(C=C(C)c2ccc3c(c2)OCCO3)cc1. The third-order valence-electron chi connectivity index (χ3n) is 3.80. The largest absolute Gasteiger partial charge is 0.486 e. The van der Waals surface area contributed by atoms with Crippen molar-refractivity contribution in [3.63, 3.8) is 0 Å². The molecule has 3 rings (SSSR count). The van der Waals surface area contributed by atoms with Crippen LogP contribution in [0.25, 0.3) is 11.6 Å². The Morgan fingerprint density at radius 2 is 1.71 bits per heavy atom. The summed E-state index contributed by atoms with van der Waals surface area (Å²) in [6, 6.07) is 13.3. The minimum Gasteiger partial charge on any atom is -0.486 e. The van der Waals surface area contributed by atoms with Crippen LogP contribution in [-0.4, -0.2) is 25.8 Å². The topological polar surface area (TPSA) is 44.8 Å². The molecule has 2 aromatic rings. The molecule has 0 radical (unpaired) electrons. The first-order chi connectivity index (χ1) is 11.7. The molecule has 0 bridgehead atoms. The highest BCUT2D eigenvalue weighted by Crippen LogP contribution is 2.33. The predicted octanol–water partition coefficient (Wildman–Crippen LogP) is 4.20. The van der Waals surface area contributed by atoms with Crippen molar-refractivity contribution in [1.29, 1.82) is 0 Å². The second-order valence-electron chi connectivity index (χ2n) is 5.53. The first-order valence-corrected chi connectivity index (χ1v) is 8.03. The lowest BCUT2D eigenvalue weighted by molar-refractivity contribution is 0.0526. The van der Waals surface area contributed by atoms with Crippen LogP contribution >= 0.6 is 0 Å². The number of hydrogen-bond acceptors (Lipinski definition) is 4. The van der Waals surface area contributed by atoms with E-state index >= 15 is 0 Å². The van der Waals surface area contributed by atoms with Gasteiger partial charge < -0.3 is 14.2 Å². The molecule has 0 spiro atoms. The highest BCUT2D eigenvalue weighted by Gasteiger charge is 2.12. The first-order valence-electron chi connectivity index (χ1n) is 8.03. The quantitative estimate of drug-likeness (QED) is 0.625. The van der Waals surface area contributed by atoms with Crippen molar-refractivity contribution in [3.05, 3.63) is 59.2 Å². The monoisotopic (exact) mass is 324 g/mol. The minimum absolute atomic E-state index is 0.295. The van der Waals surface area contributed by atoms with Gasteiger partial charge in [-0.25, -0.2) is 4.79 Å². The van der Waals surface area contributed by atoms with E-state index in [2.05, 4.69) is 6.08 Å². The van der Waals surface area contributed by atoms with E-state index in [1.54, 1.807) is 19.1 Å². The maximum absolute atomic E-state index is 11.7. The number of carbonyl (C=O) groups excluding carboxylic acids is 1. The van der Waals surface area contributed by atoms with E-state index in [0.29, 0.717) is 25.4 Å². The van der Waals surface area contributed by atoms with E-state index in [9.17, 15) is 4.79 Å². The van der Waals surface area contributed by atoms with Gasteiger partial charge in [0.25, 0.3) is 0 Å². The molecule has 0 N–H and O–H groups in total.